The number of hydrogen-bond donors (Lipinski definition) is 1. The summed E-state index contributed by atoms with van der Waals surface area (Å²) in [5.41, 5.74) is 3.89. The van der Waals surface area contributed by atoms with Crippen LogP contribution in [0.15, 0.2) is 0 Å². The molecule has 0 bridgehead atoms. The minimum atomic E-state index is 0.436. The summed E-state index contributed by atoms with van der Waals surface area (Å²) < 4.78 is 7.68. The van der Waals surface area contributed by atoms with Crippen LogP contribution in [0.5, 0.6) is 0 Å². The van der Waals surface area contributed by atoms with Crippen LogP contribution >= 0.6 is 0 Å². The van der Waals surface area contributed by atoms with Crippen LogP contribution in [0.4, 0.5) is 0 Å². The maximum absolute atomic E-state index is 5.60. The highest BCUT2D eigenvalue weighted by molar-refractivity contribution is 5.24. The lowest BCUT2D eigenvalue weighted by molar-refractivity contribution is 0.110. The van der Waals surface area contributed by atoms with Crippen LogP contribution in [0.3, 0.4) is 0 Å². The van der Waals surface area contributed by atoms with E-state index in [1.54, 1.807) is 0 Å². The molecule has 4 nitrogen and oxygen atoms in total. The molecule has 1 N–H and O–H groups in total. The molecule has 1 saturated heterocycles. The lowest BCUT2D eigenvalue weighted by atomic mass is 10.1. The Bertz CT molecular complexity index is 381. The fourth-order valence-corrected chi connectivity index (χ4v) is 2.69. The SMILES string of the molecule is CCn1nc(C)c(CCNCC2CCCO2)c1C. The van der Waals surface area contributed by atoms with Crippen molar-refractivity contribution in [1.29, 1.82) is 0 Å². The van der Waals surface area contributed by atoms with Gasteiger partial charge in [0.1, 0.15) is 0 Å². The molecular weight excluding hydrogens is 226 g/mol. The molecule has 1 aromatic rings. The van der Waals surface area contributed by atoms with Crippen LogP contribution in [0.25, 0.3) is 0 Å². The maximum Gasteiger partial charge on any atom is 0.0700 e. The molecule has 0 saturated carbocycles. The van der Waals surface area contributed by atoms with Crippen molar-refractivity contribution >= 4 is 0 Å². The average molecular weight is 251 g/mol. The van der Waals surface area contributed by atoms with E-state index in [9.17, 15) is 0 Å². The van der Waals surface area contributed by atoms with Gasteiger partial charge < -0.3 is 10.1 Å². The van der Waals surface area contributed by atoms with Crippen LogP contribution in [0.1, 0.15) is 36.7 Å². The third-order valence-electron chi connectivity index (χ3n) is 3.78. The van der Waals surface area contributed by atoms with Crippen LogP contribution in [-0.4, -0.2) is 35.6 Å². The molecule has 102 valence electrons. The number of hydrogen-bond acceptors (Lipinski definition) is 3. The zero-order valence-corrected chi connectivity index (χ0v) is 11.8. The van der Waals surface area contributed by atoms with Gasteiger partial charge in [-0.05, 0) is 52.1 Å². The van der Waals surface area contributed by atoms with E-state index in [4.69, 9.17) is 4.74 Å². The van der Waals surface area contributed by atoms with E-state index in [1.807, 2.05) is 0 Å². The Labute approximate surface area is 110 Å². The minimum absolute atomic E-state index is 0.436. The third-order valence-corrected chi connectivity index (χ3v) is 3.78. The predicted molar refractivity (Wildman–Crippen MR) is 72.9 cm³/mol. The van der Waals surface area contributed by atoms with E-state index >= 15 is 0 Å². The number of aryl methyl sites for hydroxylation is 2. The number of aromatic nitrogens is 2. The molecule has 0 amide bonds. The van der Waals surface area contributed by atoms with Crippen LogP contribution in [-0.2, 0) is 17.7 Å². The Hall–Kier alpha value is -0.870. The maximum atomic E-state index is 5.60. The monoisotopic (exact) mass is 251 g/mol. The van der Waals surface area contributed by atoms with Crippen molar-refractivity contribution in [1.82, 2.24) is 15.1 Å². The molecule has 1 aliphatic rings. The topological polar surface area (TPSA) is 39.1 Å². The summed E-state index contributed by atoms with van der Waals surface area (Å²) in [6.07, 6.45) is 3.92. The van der Waals surface area contributed by atoms with Gasteiger partial charge >= 0.3 is 0 Å². The minimum Gasteiger partial charge on any atom is -0.377 e. The van der Waals surface area contributed by atoms with E-state index in [2.05, 4.69) is 35.9 Å². The van der Waals surface area contributed by atoms with Gasteiger partial charge in [0.15, 0.2) is 0 Å². The van der Waals surface area contributed by atoms with E-state index in [0.29, 0.717) is 6.10 Å². The highest BCUT2D eigenvalue weighted by Gasteiger charge is 2.15. The smallest absolute Gasteiger partial charge is 0.0700 e. The summed E-state index contributed by atoms with van der Waals surface area (Å²) in [6.45, 7) is 10.3. The van der Waals surface area contributed by atoms with Gasteiger partial charge in [0.25, 0.3) is 0 Å². The first-order valence-corrected chi connectivity index (χ1v) is 7.07. The Kier molecular flexibility index (Phi) is 4.78. The summed E-state index contributed by atoms with van der Waals surface area (Å²) in [4.78, 5) is 0. The quantitative estimate of drug-likeness (QED) is 0.784. The van der Waals surface area contributed by atoms with Gasteiger partial charge in [0.2, 0.25) is 0 Å². The summed E-state index contributed by atoms with van der Waals surface area (Å²) in [7, 11) is 0. The number of nitrogens with one attached hydrogen (secondary N) is 1. The molecule has 0 aliphatic carbocycles. The van der Waals surface area contributed by atoms with Gasteiger partial charge in [-0.3, -0.25) is 4.68 Å². The fraction of sp³-hybridized carbons (Fsp3) is 0.786. The van der Waals surface area contributed by atoms with Crippen molar-refractivity contribution in [2.24, 2.45) is 0 Å². The number of nitrogens with zero attached hydrogens (tertiary/aromatic N) is 2. The molecule has 1 aliphatic heterocycles. The molecule has 2 rings (SSSR count). The van der Waals surface area contributed by atoms with Gasteiger partial charge in [-0.25, -0.2) is 0 Å². The van der Waals surface area contributed by atoms with Crippen molar-refractivity contribution in [2.75, 3.05) is 19.7 Å². The largest absolute Gasteiger partial charge is 0.377 e. The van der Waals surface area contributed by atoms with E-state index < -0.39 is 0 Å². The highest BCUT2D eigenvalue weighted by Crippen LogP contribution is 2.14. The normalized spacial score (nSPS) is 19.6. The molecule has 0 spiro atoms. The first-order chi connectivity index (χ1) is 8.72. The molecular formula is C14H25N3O. The first-order valence-electron chi connectivity index (χ1n) is 7.07. The molecule has 1 unspecified atom stereocenters. The highest BCUT2D eigenvalue weighted by atomic mass is 16.5. The Balaban J connectivity index is 1.77. The molecule has 0 aromatic carbocycles. The molecule has 1 atom stereocenters. The van der Waals surface area contributed by atoms with Crippen LogP contribution < -0.4 is 5.32 Å². The second kappa shape index (κ2) is 6.34. The van der Waals surface area contributed by atoms with Gasteiger partial charge in [-0.1, -0.05) is 0 Å². The number of ether oxygens (including phenoxy) is 1. The summed E-state index contributed by atoms with van der Waals surface area (Å²) in [6, 6.07) is 0. The van der Waals surface area contributed by atoms with Gasteiger partial charge in [-0.15, -0.1) is 0 Å². The summed E-state index contributed by atoms with van der Waals surface area (Å²) in [5.74, 6) is 0. The van der Waals surface area contributed by atoms with Crippen molar-refractivity contribution < 1.29 is 4.74 Å². The summed E-state index contributed by atoms with van der Waals surface area (Å²) in [5, 5.41) is 8.04. The van der Waals surface area contributed by atoms with Crippen molar-refractivity contribution in [2.45, 2.75) is 52.7 Å². The molecule has 18 heavy (non-hydrogen) atoms. The zero-order chi connectivity index (χ0) is 13.0. The van der Waals surface area contributed by atoms with E-state index in [-0.39, 0.29) is 0 Å². The fourth-order valence-electron chi connectivity index (χ4n) is 2.69. The average Bonchev–Trinajstić information content (AvgIpc) is 2.96. The third kappa shape index (κ3) is 3.12. The molecule has 4 heteroatoms. The lowest BCUT2D eigenvalue weighted by Gasteiger charge is -2.10. The van der Waals surface area contributed by atoms with Crippen LogP contribution in [0.2, 0.25) is 0 Å². The van der Waals surface area contributed by atoms with Crippen molar-refractivity contribution in [3.8, 4) is 0 Å². The second-order valence-corrected chi connectivity index (χ2v) is 5.05. The van der Waals surface area contributed by atoms with E-state index in [0.717, 1.165) is 32.7 Å². The summed E-state index contributed by atoms with van der Waals surface area (Å²) >= 11 is 0. The molecule has 1 aromatic heterocycles. The zero-order valence-electron chi connectivity index (χ0n) is 11.8. The van der Waals surface area contributed by atoms with Gasteiger partial charge in [0.05, 0.1) is 11.8 Å². The van der Waals surface area contributed by atoms with E-state index in [1.165, 1.54) is 29.8 Å². The Morgan fingerprint density at radius 3 is 2.89 bits per heavy atom. The second-order valence-electron chi connectivity index (χ2n) is 5.05. The molecule has 2 heterocycles. The Morgan fingerprint density at radius 2 is 2.28 bits per heavy atom. The molecule has 0 radical (unpaired) electrons. The lowest BCUT2D eigenvalue weighted by Crippen LogP contribution is -2.28. The van der Waals surface area contributed by atoms with Crippen molar-refractivity contribution in [3.63, 3.8) is 0 Å². The number of rotatable bonds is 6. The molecule has 1 fully saturated rings. The predicted octanol–water partition coefficient (Wildman–Crippen LogP) is 1.83. The van der Waals surface area contributed by atoms with Crippen molar-refractivity contribution in [3.05, 3.63) is 17.0 Å². The standard InChI is InChI=1S/C14H25N3O/c1-4-17-12(3)14(11(2)16-17)7-8-15-10-13-6-5-9-18-13/h13,15H,4-10H2,1-3H3. The van der Waals surface area contributed by atoms with Gasteiger partial charge in [0, 0.05) is 25.4 Å². The van der Waals surface area contributed by atoms with Gasteiger partial charge in [-0.2, -0.15) is 5.10 Å². The Morgan fingerprint density at radius 1 is 1.44 bits per heavy atom. The first kappa shape index (κ1) is 13.6. The van der Waals surface area contributed by atoms with Crippen LogP contribution in [0, 0.1) is 13.8 Å².